The molecule has 122 valence electrons. The van der Waals surface area contributed by atoms with Gasteiger partial charge in [0, 0.05) is 30.1 Å². The van der Waals surface area contributed by atoms with E-state index in [-0.39, 0.29) is 18.4 Å². The number of nitrogens with one attached hydrogen (secondary N) is 2. The van der Waals surface area contributed by atoms with Crippen LogP contribution in [0.3, 0.4) is 0 Å². The van der Waals surface area contributed by atoms with Crippen LogP contribution in [0.5, 0.6) is 0 Å². The number of benzene rings is 1. The molecule has 0 spiro atoms. The third-order valence-electron chi connectivity index (χ3n) is 2.70. The van der Waals surface area contributed by atoms with Gasteiger partial charge in [0.15, 0.2) is 0 Å². The number of aromatic nitrogens is 2. The zero-order valence-electron chi connectivity index (χ0n) is 12.3. The average molecular weight is 399 g/mol. The van der Waals surface area contributed by atoms with Gasteiger partial charge in [0.25, 0.3) is 11.8 Å². The Morgan fingerprint density at radius 2 is 2.17 bits per heavy atom. The fourth-order valence-electron chi connectivity index (χ4n) is 1.71. The summed E-state index contributed by atoms with van der Waals surface area (Å²) in [7, 11) is 1.44. The number of hydrogen-bond acceptors (Lipinski definition) is 6. The standard InChI is InChI=1S/C14H15BrN4O3S/c1-22-8-11(20)17-14-19-18-12(23-14)5-6-16-13(21)9-3-2-4-10(15)7-9/h2-4,7H,5-6,8H2,1H3,(H,16,21)(H,17,19,20). The highest BCUT2D eigenvalue weighted by Crippen LogP contribution is 2.15. The fourth-order valence-corrected chi connectivity index (χ4v) is 2.86. The lowest BCUT2D eigenvalue weighted by molar-refractivity contribution is -0.119. The Balaban J connectivity index is 1.79. The van der Waals surface area contributed by atoms with Crippen molar-refractivity contribution in [2.45, 2.75) is 6.42 Å². The SMILES string of the molecule is COCC(=O)Nc1nnc(CCNC(=O)c2cccc(Br)c2)s1. The quantitative estimate of drug-likeness (QED) is 0.742. The monoisotopic (exact) mass is 398 g/mol. The highest BCUT2D eigenvalue weighted by Gasteiger charge is 2.09. The first kappa shape index (κ1) is 17.5. The topological polar surface area (TPSA) is 93.2 Å². The van der Waals surface area contributed by atoms with Gasteiger partial charge in [0.2, 0.25) is 5.13 Å². The molecule has 2 amide bonds. The minimum absolute atomic E-state index is 0.0302. The van der Waals surface area contributed by atoms with E-state index in [0.29, 0.717) is 23.7 Å². The molecule has 1 aromatic carbocycles. The zero-order chi connectivity index (χ0) is 16.7. The maximum absolute atomic E-state index is 12.0. The number of ether oxygens (including phenoxy) is 1. The molecule has 0 atom stereocenters. The van der Waals surface area contributed by atoms with E-state index in [0.717, 1.165) is 9.48 Å². The second-order valence-electron chi connectivity index (χ2n) is 4.50. The number of rotatable bonds is 7. The summed E-state index contributed by atoms with van der Waals surface area (Å²) in [6.45, 7) is 0.406. The number of carbonyl (C=O) groups is 2. The van der Waals surface area contributed by atoms with Gasteiger partial charge in [-0.25, -0.2) is 0 Å². The molecule has 9 heteroatoms. The van der Waals surface area contributed by atoms with Crippen LogP contribution in [0.15, 0.2) is 28.7 Å². The predicted octanol–water partition coefficient (Wildman–Crippen LogP) is 1.86. The molecule has 0 bridgehead atoms. The molecule has 23 heavy (non-hydrogen) atoms. The molecule has 2 N–H and O–H groups in total. The normalized spacial score (nSPS) is 10.3. The molecule has 0 aliphatic rings. The van der Waals surface area contributed by atoms with Crippen LogP contribution in [0.2, 0.25) is 0 Å². The summed E-state index contributed by atoms with van der Waals surface area (Å²) in [6, 6.07) is 7.16. The van der Waals surface area contributed by atoms with Crippen LogP contribution in [-0.4, -0.2) is 42.3 Å². The molecule has 0 aliphatic carbocycles. The number of hydrogen-bond donors (Lipinski definition) is 2. The minimum atomic E-state index is -0.279. The Hall–Kier alpha value is -1.84. The molecule has 1 aromatic heterocycles. The van der Waals surface area contributed by atoms with Crippen LogP contribution >= 0.6 is 27.3 Å². The molecule has 0 unspecified atom stereocenters. The Kier molecular flexibility index (Phi) is 6.63. The van der Waals surface area contributed by atoms with Crippen molar-refractivity contribution in [2.75, 3.05) is 25.6 Å². The lowest BCUT2D eigenvalue weighted by Gasteiger charge is -2.04. The van der Waals surface area contributed by atoms with Crippen molar-refractivity contribution >= 4 is 44.2 Å². The van der Waals surface area contributed by atoms with Crippen molar-refractivity contribution in [1.82, 2.24) is 15.5 Å². The van der Waals surface area contributed by atoms with Crippen molar-refractivity contribution in [3.05, 3.63) is 39.3 Å². The van der Waals surface area contributed by atoms with E-state index < -0.39 is 0 Å². The van der Waals surface area contributed by atoms with Gasteiger partial charge < -0.3 is 10.1 Å². The van der Waals surface area contributed by atoms with E-state index in [9.17, 15) is 9.59 Å². The van der Waals surface area contributed by atoms with Crippen LogP contribution in [-0.2, 0) is 16.0 Å². The average Bonchev–Trinajstić information content (AvgIpc) is 2.94. The number of anilines is 1. The minimum Gasteiger partial charge on any atom is -0.375 e. The van der Waals surface area contributed by atoms with Gasteiger partial charge in [-0.3, -0.25) is 14.9 Å². The van der Waals surface area contributed by atoms with Gasteiger partial charge in [0.05, 0.1) is 0 Å². The maximum Gasteiger partial charge on any atom is 0.252 e. The molecule has 1 heterocycles. The second kappa shape index (κ2) is 8.70. The Morgan fingerprint density at radius 3 is 2.91 bits per heavy atom. The van der Waals surface area contributed by atoms with Crippen LogP contribution in [0.4, 0.5) is 5.13 Å². The summed E-state index contributed by atoms with van der Waals surface area (Å²) in [5.41, 5.74) is 0.587. The molecule has 0 fully saturated rings. The van der Waals surface area contributed by atoms with Crippen molar-refractivity contribution in [2.24, 2.45) is 0 Å². The third-order valence-corrected chi connectivity index (χ3v) is 4.09. The highest BCUT2D eigenvalue weighted by atomic mass is 79.9. The van der Waals surface area contributed by atoms with Gasteiger partial charge >= 0.3 is 0 Å². The predicted molar refractivity (Wildman–Crippen MR) is 90.6 cm³/mol. The summed E-state index contributed by atoms with van der Waals surface area (Å²) in [6.07, 6.45) is 0.539. The summed E-state index contributed by atoms with van der Waals surface area (Å²) in [5, 5.41) is 14.4. The van der Waals surface area contributed by atoms with Gasteiger partial charge in [-0.15, -0.1) is 10.2 Å². The van der Waals surface area contributed by atoms with Gasteiger partial charge in [0.1, 0.15) is 11.6 Å². The molecule has 7 nitrogen and oxygen atoms in total. The van der Waals surface area contributed by atoms with Gasteiger partial charge in [-0.2, -0.15) is 0 Å². The maximum atomic E-state index is 12.0. The smallest absolute Gasteiger partial charge is 0.252 e. The van der Waals surface area contributed by atoms with Crippen LogP contribution in [0.25, 0.3) is 0 Å². The molecule has 0 radical (unpaired) electrons. The third kappa shape index (κ3) is 5.70. The molecule has 0 saturated heterocycles. The van der Waals surface area contributed by atoms with Crippen LogP contribution < -0.4 is 10.6 Å². The van der Waals surface area contributed by atoms with Crippen molar-refractivity contribution in [3.63, 3.8) is 0 Å². The molecule has 2 rings (SSSR count). The molecule has 0 saturated carbocycles. The Bertz CT molecular complexity index is 692. The number of amides is 2. The van der Waals surface area contributed by atoms with E-state index >= 15 is 0 Å². The van der Waals surface area contributed by atoms with E-state index in [2.05, 4.69) is 36.8 Å². The Morgan fingerprint density at radius 1 is 1.35 bits per heavy atom. The first-order valence-corrected chi connectivity index (χ1v) is 8.34. The fraction of sp³-hybridized carbons (Fsp3) is 0.286. The first-order valence-electron chi connectivity index (χ1n) is 6.73. The van der Waals surface area contributed by atoms with Gasteiger partial charge in [-0.05, 0) is 18.2 Å². The lowest BCUT2D eigenvalue weighted by Crippen LogP contribution is -2.25. The molecular weight excluding hydrogens is 384 g/mol. The van der Waals surface area contributed by atoms with E-state index in [4.69, 9.17) is 4.74 Å². The van der Waals surface area contributed by atoms with Gasteiger partial charge in [-0.1, -0.05) is 33.3 Å². The summed E-state index contributed by atoms with van der Waals surface area (Å²) in [5.74, 6) is -0.428. The number of nitrogens with zero attached hydrogens (tertiary/aromatic N) is 2. The number of methoxy groups -OCH3 is 1. The number of halogens is 1. The van der Waals surface area contributed by atoms with Crippen LogP contribution in [0, 0.1) is 0 Å². The van der Waals surface area contributed by atoms with Crippen molar-refractivity contribution < 1.29 is 14.3 Å². The first-order chi connectivity index (χ1) is 11.1. The van der Waals surface area contributed by atoms with Crippen molar-refractivity contribution in [1.29, 1.82) is 0 Å². The van der Waals surface area contributed by atoms with E-state index in [1.54, 1.807) is 18.2 Å². The highest BCUT2D eigenvalue weighted by molar-refractivity contribution is 9.10. The summed E-state index contributed by atoms with van der Waals surface area (Å²) in [4.78, 5) is 23.3. The number of carbonyl (C=O) groups excluding carboxylic acids is 2. The Labute approximate surface area is 145 Å². The molecule has 2 aromatic rings. The molecule has 0 aliphatic heterocycles. The summed E-state index contributed by atoms with van der Waals surface area (Å²) < 4.78 is 5.57. The lowest BCUT2D eigenvalue weighted by atomic mass is 10.2. The van der Waals surface area contributed by atoms with Crippen LogP contribution in [0.1, 0.15) is 15.4 Å². The van der Waals surface area contributed by atoms with E-state index in [1.165, 1.54) is 18.4 Å². The summed E-state index contributed by atoms with van der Waals surface area (Å²) >= 11 is 4.60. The molecular formula is C14H15BrN4O3S. The second-order valence-corrected chi connectivity index (χ2v) is 6.48. The largest absolute Gasteiger partial charge is 0.375 e. The van der Waals surface area contributed by atoms with E-state index in [1.807, 2.05) is 6.07 Å². The zero-order valence-corrected chi connectivity index (χ0v) is 14.7. The van der Waals surface area contributed by atoms with Crippen molar-refractivity contribution in [3.8, 4) is 0 Å².